The Morgan fingerprint density at radius 3 is 2.38 bits per heavy atom. The number of benzene rings is 1. The molecule has 1 atom stereocenters. The smallest absolute Gasteiger partial charge is 0.345 e. The van der Waals surface area contributed by atoms with Gasteiger partial charge in [-0.05, 0) is 29.5 Å². The number of rotatable bonds is 6. The summed E-state index contributed by atoms with van der Waals surface area (Å²) in [6, 6.07) is 5.15. The van der Waals surface area contributed by atoms with Crippen molar-refractivity contribution in [2.24, 2.45) is 11.1 Å². The van der Waals surface area contributed by atoms with E-state index in [2.05, 4.69) is 0 Å². The molecule has 7 heteroatoms. The van der Waals surface area contributed by atoms with Crippen LogP contribution in [0.25, 0.3) is 0 Å². The summed E-state index contributed by atoms with van der Waals surface area (Å²) in [6.07, 6.45) is -4.21. The zero-order chi connectivity index (χ0) is 17.8. The largest absolute Gasteiger partial charge is 0.416 e. The average Bonchev–Trinajstić information content (AvgIpc) is 2.46. The maximum Gasteiger partial charge on any atom is 0.416 e. The first-order valence-corrected chi connectivity index (χ1v) is 7.57. The third-order valence-corrected chi connectivity index (χ3v) is 3.91. The minimum atomic E-state index is -4.37. The molecule has 2 N–H and O–H groups in total. The molecule has 0 bridgehead atoms. The van der Waals surface area contributed by atoms with E-state index in [1.54, 1.807) is 24.9 Å². The number of nitrogens with two attached hydrogens (primary N) is 1. The van der Waals surface area contributed by atoms with Gasteiger partial charge in [0.05, 0.1) is 5.56 Å². The fourth-order valence-electron chi connectivity index (χ4n) is 2.35. The molecule has 0 aliphatic heterocycles. The lowest BCUT2D eigenvalue weighted by Crippen LogP contribution is -2.40. The van der Waals surface area contributed by atoms with Crippen molar-refractivity contribution >= 4 is 18.3 Å². The molecule has 0 aliphatic rings. The van der Waals surface area contributed by atoms with Gasteiger partial charge in [-0.1, -0.05) is 39.0 Å². The monoisotopic (exact) mass is 366 g/mol. The number of amides is 1. The van der Waals surface area contributed by atoms with E-state index in [0.717, 1.165) is 12.1 Å². The Bertz CT molecular complexity index is 547. The van der Waals surface area contributed by atoms with Gasteiger partial charge in [-0.3, -0.25) is 4.79 Å². The van der Waals surface area contributed by atoms with Gasteiger partial charge in [0.1, 0.15) is 0 Å². The second-order valence-electron chi connectivity index (χ2n) is 6.85. The first kappa shape index (κ1) is 22.7. The fourth-order valence-corrected chi connectivity index (χ4v) is 2.35. The van der Waals surface area contributed by atoms with Crippen LogP contribution in [0.3, 0.4) is 0 Å². The normalized spacial score (nSPS) is 13.2. The topological polar surface area (TPSA) is 46.3 Å². The Labute approximate surface area is 147 Å². The van der Waals surface area contributed by atoms with Crippen molar-refractivity contribution in [2.75, 3.05) is 20.1 Å². The quantitative estimate of drug-likeness (QED) is 0.825. The van der Waals surface area contributed by atoms with Gasteiger partial charge in [-0.25, -0.2) is 0 Å². The fraction of sp³-hybridized carbons (Fsp3) is 0.588. The van der Waals surface area contributed by atoms with Gasteiger partial charge in [0.2, 0.25) is 5.91 Å². The summed E-state index contributed by atoms with van der Waals surface area (Å²) < 4.78 is 38.3. The maximum atomic E-state index is 12.8. The maximum absolute atomic E-state index is 12.8. The average molecular weight is 367 g/mol. The highest BCUT2D eigenvalue weighted by Crippen LogP contribution is 2.31. The van der Waals surface area contributed by atoms with Gasteiger partial charge in [0, 0.05) is 20.0 Å². The molecule has 24 heavy (non-hydrogen) atoms. The minimum Gasteiger partial charge on any atom is -0.345 e. The van der Waals surface area contributed by atoms with Crippen LogP contribution in [0.2, 0.25) is 0 Å². The Morgan fingerprint density at radius 2 is 1.88 bits per heavy atom. The molecule has 0 spiro atoms. The van der Waals surface area contributed by atoms with Crippen LogP contribution >= 0.6 is 12.4 Å². The first-order chi connectivity index (χ1) is 10.5. The molecule has 0 fully saturated rings. The Morgan fingerprint density at radius 1 is 1.29 bits per heavy atom. The molecule has 0 aliphatic carbocycles. The van der Waals surface area contributed by atoms with Gasteiger partial charge < -0.3 is 10.6 Å². The lowest BCUT2D eigenvalue weighted by atomic mass is 9.92. The van der Waals surface area contributed by atoms with Crippen LogP contribution in [0.4, 0.5) is 13.2 Å². The predicted octanol–water partition coefficient (Wildman–Crippen LogP) is 4.06. The zero-order valence-electron chi connectivity index (χ0n) is 14.5. The van der Waals surface area contributed by atoms with Crippen molar-refractivity contribution in [1.29, 1.82) is 0 Å². The highest BCUT2D eigenvalue weighted by atomic mass is 35.5. The van der Waals surface area contributed by atoms with Gasteiger partial charge in [0.15, 0.2) is 0 Å². The van der Waals surface area contributed by atoms with E-state index < -0.39 is 11.7 Å². The molecule has 1 aromatic carbocycles. The molecule has 0 saturated carbocycles. The van der Waals surface area contributed by atoms with Crippen LogP contribution < -0.4 is 5.73 Å². The van der Waals surface area contributed by atoms with Crippen LogP contribution in [0, 0.1) is 5.41 Å². The standard InChI is InChI=1S/C17H25F3N2O.ClH/c1-12(8-15(23)22(4)11-16(2,3)10-21)13-6-5-7-14(9-13)17(18,19)20;/h5-7,9,12H,8,10-11,21H2,1-4H3;1H. The predicted molar refractivity (Wildman–Crippen MR) is 92.2 cm³/mol. The van der Waals surface area contributed by atoms with Crippen molar-refractivity contribution in [1.82, 2.24) is 4.90 Å². The molecule has 1 unspecified atom stereocenters. The molecular formula is C17H26ClF3N2O. The third-order valence-electron chi connectivity index (χ3n) is 3.91. The van der Waals surface area contributed by atoms with Crippen molar-refractivity contribution in [3.05, 3.63) is 35.4 Å². The van der Waals surface area contributed by atoms with Crippen molar-refractivity contribution in [3.63, 3.8) is 0 Å². The van der Waals surface area contributed by atoms with Crippen molar-refractivity contribution < 1.29 is 18.0 Å². The van der Waals surface area contributed by atoms with Crippen LogP contribution in [0.15, 0.2) is 24.3 Å². The molecule has 0 saturated heterocycles. The third kappa shape index (κ3) is 6.69. The van der Waals surface area contributed by atoms with Crippen LogP contribution in [-0.4, -0.2) is 30.9 Å². The summed E-state index contributed by atoms with van der Waals surface area (Å²) >= 11 is 0. The van der Waals surface area contributed by atoms with Crippen LogP contribution in [0.1, 0.15) is 44.2 Å². The summed E-state index contributed by atoms with van der Waals surface area (Å²) in [6.45, 7) is 6.65. The molecule has 0 heterocycles. The van der Waals surface area contributed by atoms with Crippen LogP contribution in [0.5, 0.6) is 0 Å². The second-order valence-corrected chi connectivity index (χ2v) is 6.85. The van der Waals surface area contributed by atoms with E-state index in [0.29, 0.717) is 18.7 Å². The number of halogens is 4. The summed E-state index contributed by atoms with van der Waals surface area (Å²) in [5, 5.41) is 0. The summed E-state index contributed by atoms with van der Waals surface area (Å²) in [7, 11) is 1.69. The molecule has 1 amide bonds. The highest BCUT2D eigenvalue weighted by molar-refractivity contribution is 5.85. The SMILES string of the molecule is CC(CC(=O)N(C)CC(C)(C)CN)c1cccc(C(F)(F)F)c1.Cl. The number of hydrogen-bond donors (Lipinski definition) is 1. The van der Waals surface area contributed by atoms with Gasteiger partial charge in [-0.15, -0.1) is 12.4 Å². The van der Waals surface area contributed by atoms with Gasteiger partial charge in [0.25, 0.3) is 0 Å². The van der Waals surface area contributed by atoms with Gasteiger partial charge >= 0.3 is 6.18 Å². The Hall–Kier alpha value is -1.27. The number of carbonyl (C=O) groups is 1. The minimum absolute atomic E-state index is 0. The van der Waals surface area contributed by atoms with Crippen molar-refractivity contribution in [3.8, 4) is 0 Å². The van der Waals surface area contributed by atoms with E-state index in [4.69, 9.17) is 5.73 Å². The van der Waals surface area contributed by atoms with E-state index >= 15 is 0 Å². The van der Waals surface area contributed by atoms with Crippen LogP contribution in [-0.2, 0) is 11.0 Å². The Kier molecular flexibility index (Phi) is 8.26. The summed E-state index contributed by atoms with van der Waals surface area (Å²) in [5.74, 6) is -0.385. The molecule has 138 valence electrons. The molecule has 1 rings (SSSR count). The molecule has 1 aromatic rings. The number of hydrogen-bond acceptors (Lipinski definition) is 2. The second kappa shape index (κ2) is 8.72. The molecule has 3 nitrogen and oxygen atoms in total. The highest BCUT2D eigenvalue weighted by Gasteiger charge is 2.31. The van der Waals surface area contributed by atoms with E-state index in [1.165, 1.54) is 6.07 Å². The molecule has 0 aromatic heterocycles. The number of nitrogens with zero attached hydrogens (tertiary/aromatic N) is 1. The van der Waals surface area contributed by atoms with E-state index in [1.807, 2.05) is 13.8 Å². The first-order valence-electron chi connectivity index (χ1n) is 7.57. The summed E-state index contributed by atoms with van der Waals surface area (Å²) in [5.41, 5.74) is 5.29. The zero-order valence-corrected chi connectivity index (χ0v) is 15.3. The van der Waals surface area contributed by atoms with E-state index in [9.17, 15) is 18.0 Å². The van der Waals surface area contributed by atoms with E-state index in [-0.39, 0.29) is 36.1 Å². The number of carbonyl (C=O) groups excluding carboxylic acids is 1. The van der Waals surface area contributed by atoms with Gasteiger partial charge in [-0.2, -0.15) is 13.2 Å². The lowest BCUT2D eigenvalue weighted by molar-refractivity contribution is -0.137. The molecule has 0 radical (unpaired) electrons. The summed E-state index contributed by atoms with van der Waals surface area (Å²) in [4.78, 5) is 13.9. The number of alkyl halides is 3. The van der Waals surface area contributed by atoms with Crippen molar-refractivity contribution in [2.45, 2.75) is 39.3 Å². The molecular weight excluding hydrogens is 341 g/mol. The Balaban J connectivity index is 0.00000529. The lowest BCUT2D eigenvalue weighted by Gasteiger charge is -2.29.